The van der Waals surface area contributed by atoms with Crippen LogP contribution < -0.4 is 5.73 Å². The molecule has 0 saturated heterocycles. The molecule has 0 aliphatic heterocycles. The van der Waals surface area contributed by atoms with Gasteiger partial charge < -0.3 is 10.7 Å². The summed E-state index contributed by atoms with van der Waals surface area (Å²) in [6.07, 6.45) is 3.88. The zero-order valence-electron chi connectivity index (χ0n) is 8.55. The molecule has 3 rings (SSSR count). The molecule has 17 heavy (non-hydrogen) atoms. The number of nitrogens with zero attached hydrogens (tertiary/aromatic N) is 4. The monoisotopic (exact) mass is 358 g/mol. The van der Waals surface area contributed by atoms with E-state index in [4.69, 9.17) is 5.73 Å². The van der Waals surface area contributed by atoms with E-state index in [1.807, 2.05) is 16.6 Å². The minimum atomic E-state index is 0.540. The molecule has 2 heterocycles. The van der Waals surface area contributed by atoms with Crippen molar-refractivity contribution in [3.05, 3.63) is 24.7 Å². The number of nitrogen functional groups attached to an aromatic ring is 1. The first kappa shape index (κ1) is 10.9. The predicted molar refractivity (Wildman–Crippen MR) is 77.3 cm³/mol. The van der Waals surface area contributed by atoms with Crippen molar-refractivity contribution >= 4 is 45.0 Å². The number of benzene rings is 1. The number of hydrogen-bond donors (Lipinski definition) is 2. The molecule has 0 aliphatic rings. The van der Waals surface area contributed by atoms with Gasteiger partial charge in [-0.2, -0.15) is 5.10 Å². The molecule has 0 bridgehead atoms. The van der Waals surface area contributed by atoms with Crippen LogP contribution in [0.15, 0.2) is 24.7 Å². The maximum absolute atomic E-state index is 6.02. The second-order valence-corrected chi connectivity index (χ2v) is 5.52. The standard InChI is InChI=1S/C9H8IN6P/c10-17-16-8-2-5(9-12-4-13-15-9)1-7(11)6(8)3-14-16/h1-4,17H,11H2,(H,12,13,15). The molecule has 8 heteroatoms. The Balaban J connectivity index is 2.28. The van der Waals surface area contributed by atoms with Crippen LogP contribution in [0, 0.1) is 0 Å². The molecular weight excluding hydrogens is 350 g/mol. The highest BCUT2D eigenvalue weighted by Gasteiger charge is 2.09. The van der Waals surface area contributed by atoms with Gasteiger partial charge >= 0.3 is 0 Å². The molecule has 0 aliphatic carbocycles. The molecule has 1 aromatic carbocycles. The Labute approximate surface area is 111 Å². The summed E-state index contributed by atoms with van der Waals surface area (Å²) in [4.78, 5) is 2.97. The highest BCUT2D eigenvalue weighted by Crippen LogP contribution is 2.33. The van der Waals surface area contributed by atoms with Crippen LogP contribution in [0.4, 0.5) is 5.69 Å². The highest BCUT2D eigenvalue weighted by molar-refractivity contribution is 14.2. The topological polar surface area (TPSA) is 85.4 Å². The number of halogens is 1. The van der Waals surface area contributed by atoms with Gasteiger partial charge in [-0.3, -0.25) is 0 Å². The summed E-state index contributed by atoms with van der Waals surface area (Å²) in [7, 11) is 0. The van der Waals surface area contributed by atoms with Crippen molar-refractivity contribution in [2.75, 3.05) is 5.73 Å². The molecule has 0 saturated carbocycles. The lowest BCUT2D eigenvalue weighted by Gasteiger charge is -2.03. The van der Waals surface area contributed by atoms with E-state index >= 15 is 0 Å². The summed E-state index contributed by atoms with van der Waals surface area (Å²) in [5.41, 5.74) is 8.66. The SMILES string of the molecule is Nc1cc(-c2nnc[nH]2)cc2c1cnn2PI. The van der Waals surface area contributed by atoms with Crippen LogP contribution in [0.5, 0.6) is 0 Å². The summed E-state index contributed by atoms with van der Waals surface area (Å²) in [6, 6.07) is 3.90. The van der Waals surface area contributed by atoms with Crippen LogP contribution >= 0.6 is 28.4 Å². The quantitative estimate of drug-likeness (QED) is 0.418. The molecule has 0 fully saturated rings. The van der Waals surface area contributed by atoms with Crippen molar-refractivity contribution in [1.29, 1.82) is 0 Å². The first-order valence-electron chi connectivity index (χ1n) is 4.80. The number of H-pyrrole nitrogens is 1. The van der Waals surface area contributed by atoms with Gasteiger partial charge in [-0.1, -0.05) is 0 Å². The van der Waals surface area contributed by atoms with Gasteiger partial charge in [0.05, 0.1) is 18.1 Å². The van der Waals surface area contributed by atoms with Gasteiger partial charge in [0.25, 0.3) is 0 Å². The number of anilines is 1. The Morgan fingerprint density at radius 3 is 3.00 bits per heavy atom. The number of rotatable bonds is 2. The number of hydrogen-bond acceptors (Lipinski definition) is 4. The van der Waals surface area contributed by atoms with Gasteiger partial charge in [-0.25, -0.2) is 4.45 Å². The Morgan fingerprint density at radius 1 is 1.41 bits per heavy atom. The van der Waals surface area contributed by atoms with Crippen LogP contribution in [-0.2, 0) is 0 Å². The molecular formula is C9H8IN6P. The Hall–Kier alpha value is -1.21. The lowest BCUT2D eigenvalue weighted by Crippen LogP contribution is -1.90. The first-order valence-corrected chi connectivity index (χ1v) is 8.86. The minimum Gasteiger partial charge on any atom is -0.398 e. The second kappa shape index (κ2) is 4.23. The second-order valence-electron chi connectivity index (χ2n) is 3.48. The number of nitrogens with one attached hydrogen (secondary N) is 1. The van der Waals surface area contributed by atoms with Gasteiger partial charge in [0, 0.05) is 16.6 Å². The molecule has 0 radical (unpaired) electrons. The van der Waals surface area contributed by atoms with Gasteiger partial charge in [0.1, 0.15) is 6.33 Å². The molecule has 86 valence electrons. The smallest absolute Gasteiger partial charge is 0.161 e. The first-order chi connectivity index (χ1) is 8.29. The zero-order chi connectivity index (χ0) is 11.8. The lowest BCUT2D eigenvalue weighted by molar-refractivity contribution is 1.04. The average Bonchev–Trinajstić information content (AvgIpc) is 2.97. The number of aromatic amines is 1. The summed E-state index contributed by atoms with van der Waals surface area (Å²) in [5, 5.41) is 13.0. The summed E-state index contributed by atoms with van der Waals surface area (Å²) in [6.45, 7) is 0. The van der Waals surface area contributed by atoms with E-state index < -0.39 is 0 Å². The van der Waals surface area contributed by atoms with E-state index in [0.717, 1.165) is 16.5 Å². The molecule has 2 aromatic heterocycles. The normalized spacial score (nSPS) is 11.8. The van der Waals surface area contributed by atoms with Crippen LogP contribution in [0.2, 0.25) is 0 Å². The third-order valence-corrected chi connectivity index (χ3v) is 4.38. The number of nitrogens with two attached hydrogens (primary N) is 1. The van der Waals surface area contributed by atoms with Gasteiger partial charge in [-0.05, 0) is 34.2 Å². The molecule has 0 amide bonds. The van der Waals surface area contributed by atoms with Crippen molar-refractivity contribution in [2.24, 2.45) is 0 Å². The maximum atomic E-state index is 6.02. The third-order valence-electron chi connectivity index (χ3n) is 2.49. The fraction of sp³-hybridized carbons (Fsp3) is 0. The van der Waals surface area contributed by atoms with Crippen molar-refractivity contribution in [3.8, 4) is 11.4 Å². The van der Waals surface area contributed by atoms with Crippen molar-refractivity contribution in [3.63, 3.8) is 0 Å². The lowest BCUT2D eigenvalue weighted by atomic mass is 10.1. The third kappa shape index (κ3) is 1.79. The van der Waals surface area contributed by atoms with Gasteiger partial charge in [0.15, 0.2) is 5.82 Å². The average molecular weight is 358 g/mol. The maximum Gasteiger partial charge on any atom is 0.161 e. The van der Waals surface area contributed by atoms with Gasteiger partial charge in [0.2, 0.25) is 0 Å². The van der Waals surface area contributed by atoms with E-state index in [0.29, 0.717) is 17.9 Å². The van der Waals surface area contributed by atoms with Crippen LogP contribution in [0.3, 0.4) is 0 Å². The fourth-order valence-electron chi connectivity index (χ4n) is 1.70. The van der Waals surface area contributed by atoms with Crippen LogP contribution in [0.25, 0.3) is 22.3 Å². The van der Waals surface area contributed by atoms with Crippen molar-refractivity contribution in [1.82, 2.24) is 24.7 Å². The van der Waals surface area contributed by atoms with Crippen LogP contribution in [0.1, 0.15) is 0 Å². The fourth-order valence-corrected chi connectivity index (χ4v) is 3.23. The molecule has 3 aromatic rings. The minimum absolute atomic E-state index is 0.540. The number of aromatic nitrogens is 5. The molecule has 6 nitrogen and oxygen atoms in total. The van der Waals surface area contributed by atoms with E-state index in [-0.39, 0.29) is 0 Å². The summed E-state index contributed by atoms with van der Waals surface area (Å²) in [5.74, 6) is 0.711. The summed E-state index contributed by atoms with van der Waals surface area (Å²) >= 11 is 2.29. The van der Waals surface area contributed by atoms with Crippen LogP contribution in [-0.4, -0.2) is 24.7 Å². The van der Waals surface area contributed by atoms with E-state index in [1.54, 1.807) is 12.5 Å². The summed E-state index contributed by atoms with van der Waals surface area (Å²) < 4.78 is 1.92. The number of fused-ring (bicyclic) bond motifs is 1. The predicted octanol–water partition coefficient (Wildman–Crippen LogP) is 2.20. The highest BCUT2D eigenvalue weighted by atomic mass is 127. The molecule has 3 N–H and O–H groups in total. The Kier molecular flexibility index (Phi) is 2.71. The molecule has 1 atom stereocenters. The van der Waals surface area contributed by atoms with E-state index in [2.05, 4.69) is 42.3 Å². The van der Waals surface area contributed by atoms with Crippen molar-refractivity contribution < 1.29 is 0 Å². The zero-order valence-corrected chi connectivity index (χ0v) is 11.7. The molecule has 1 unspecified atom stereocenters. The molecule has 0 spiro atoms. The van der Waals surface area contributed by atoms with E-state index in [1.165, 1.54) is 0 Å². The largest absolute Gasteiger partial charge is 0.398 e. The Morgan fingerprint density at radius 2 is 2.29 bits per heavy atom. The van der Waals surface area contributed by atoms with Crippen molar-refractivity contribution in [2.45, 2.75) is 0 Å². The van der Waals surface area contributed by atoms with Gasteiger partial charge in [-0.15, -0.1) is 10.2 Å². The van der Waals surface area contributed by atoms with E-state index in [9.17, 15) is 0 Å². The Bertz CT molecular complexity index is 661.